The molecule has 0 saturated carbocycles. The fraction of sp³-hybridized carbons (Fsp3) is 0.300. The van der Waals surface area contributed by atoms with Crippen LogP contribution >= 0.6 is 0 Å². The second kappa shape index (κ2) is 11.8. The summed E-state index contributed by atoms with van der Waals surface area (Å²) in [7, 11) is 1.65. The van der Waals surface area contributed by atoms with Gasteiger partial charge in [-0.3, -0.25) is 14.7 Å². The van der Waals surface area contributed by atoms with Crippen LogP contribution in [0.25, 0.3) is 10.9 Å². The third-order valence-corrected chi connectivity index (χ3v) is 7.24. The zero-order valence-corrected chi connectivity index (χ0v) is 23.0. The van der Waals surface area contributed by atoms with E-state index in [1.165, 1.54) is 0 Å². The van der Waals surface area contributed by atoms with Crippen molar-refractivity contribution < 1.29 is 14.2 Å². The molecule has 210 valence electrons. The quantitative estimate of drug-likeness (QED) is 0.275. The maximum absolute atomic E-state index is 13.3. The fourth-order valence-corrected chi connectivity index (χ4v) is 5.20. The van der Waals surface area contributed by atoms with Crippen LogP contribution in [0.3, 0.4) is 0 Å². The Kier molecular flexibility index (Phi) is 7.59. The second-order valence-corrected chi connectivity index (χ2v) is 9.94. The van der Waals surface area contributed by atoms with E-state index in [-0.39, 0.29) is 11.6 Å². The third-order valence-electron chi connectivity index (χ3n) is 7.24. The van der Waals surface area contributed by atoms with Gasteiger partial charge in [-0.05, 0) is 58.3 Å². The molecule has 1 aliphatic heterocycles. The van der Waals surface area contributed by atoms with Gasteiger partial charge in [0.1, 0.15) is 19.0 Å². The lowest BCUT2D eigenvalue weighted by atomic mass is 10.1. The Hall–Kier alpha value is -4.77. The smallest absolute Gasteiger partial charge is 0.252 e. The van der Waals surface area contributed by atoms with Gasteiger partial charge in [-0.15, -0.1) is 5.10 Å². The van der Waals surface area contributed by atoms with Crippen molar-refractivity contribution in [2.45, 2.75) is 39.0 Å². The Morgan fingerprint density at radius 2 is 1.85 bits per heavy atom. The van der Waals surface area contributed by atoms with E-state index in [0.717, 1.165) is 34.5 Å². The van der Waals surface area contributed by atoms with E-state index < -0.39 is 0 Å². The fourth-order valence-electron chi connectivity index (χ4n) is 5.20. The molecule has 0 amide bonds. The molecule has 11 nitrogen and oxygen atoms in total. The summed E-state index contributed by atoms with van der Waals surface area (Å²) < 4.78 is 18.6. The van der Waals surface area contributed by atoms with Gasteiger partial charge in [-0.25, -0.2) is 4.68 Å². The number of ether oxygens (including phenoxy) is 3. The van der Waals surface area contributed by atoms with Crippen molar-refractivity contribution in [1.29, 1.82) is 0 Å². The number of methoxy groups -OCH3 is 1. The summed E-state index contributed by atoms with van der Waals surface area (Å²) in [6.45, 7) is 4.52. The molecule has 1 aliphatic rings. The highest BCUT2D eigenvalue weighted by atomic mass is 16.6. The molecular formula is C30H31N7O4. The van der Waals surface area contributed by atoms with Crippen LogP contribution in [0.4, 0.5) is 0 Å². The summed E-state index contributed by atoms with van der Waals surface area (Å²) in [5, 5.41) is 13.7. The van der Waals surface area contributed by atoms with Gasteiger partial charge >= 0.3 is 0 Å². The van der Waals surface area contributed by atoms with Gasteiger partial charge in [-0.2, -0.15) is 0 Å². The average molecular weight is 554 g/mol. The first-order valence-corrected chi connectivity index (χ1v) is 13.6. The van der Waals surface area contributed by atoms with Crippen molar-refractivity contribution in [3.8, 4) is 17.2 Å². The lowest BCUT2D eigenvalue weighted by Gasteiger charge is -2.30. The number of fused-ring (bicyclic) bond motifs is 2. The Morgan fingerprint density at radius 3 is 2.59 bits per heavy atom. The number of nitrogens with one attached hydrogen (secondary N) is 1. The number of hydrogen-bond acceptors (Lipinski definition) is 9. The van der Waals surface area contributed by atoms with Crippen LogP contribution in [0, 0.1) is 0 Å². The Bertz CT molecular complexity index is 1690. The topological polar surface area (TPSA) is 120 Å². The predicted molar refractivity (Wildman–Crippen MR) is 152 cm³/mol. The molecule has 5 aromatic rings. The molecule has 2 aromatic carbocycles. The first-order valence-electron chi connectivity index (χ1n) is 13.6. The van der Waals surface area contributed by atoms with Crippen molar-refractivity contribution in [2.24, 2.45) is 0 Å². The molecule has 41 heavy (non-hydrogen) atoms. The van der Waals surface area contributed by atoms with Crippen molar-refractivity contribution in [3.05, 3.63) is 99.9 Å². The molecule has 0 fully saturated rings. The number of aromatic nitrogens is 6. The van der Waals surface area contributed by atoms with Crippen LogP contribution in [0.5, 0.6) is 17.2 Å². The van der Waals surface area contributed by atoms with Crippen LogP contribution in [-0.4, -0.2) is 55.4 Å². The van der Waals surface area contributed by atoms with Gasteiger partial charge in [0.25, 0.3) is 5.56 Å². The molecule has 0 unspecified atom stereocenters. The van der Waals surface area contributed by atoms with Crippen LogP contribution in [0.1, 0.15) is 41.9 Å². The Morgan fingerprint density at radius 1 is 1.05 bits per heavy atom. The van der Waals surface area contributed by atoms with Crippen LogP contribution < -0.4 is 19.8 Å². The van der Waals surface area contributed by atoms with Crippen molar-refractivity contribution in [2.75, 3.05) is 20.3 Å². The summed E-state index contributed by atoms with van der Waals surface area (Å²) in [6.07, 6.45) is 4.32. The largest absolute Gasteiger partial charge is 0.497 e. The van der Waals surface area contributed by atoms with Gasteiger partial charge in [0.15, 0.2) is 17.3 Å². The minimum atomic E-state index is -0.168. The Balaban J connectivity index is 1.34. The summed E-state index contributed by atoms with van der Waals surface area (Å²) in [5.74, 6) is 2.84. The minimum absolute atomic E-state index is 0.155. The lowest BCUT2D eigenvalue weighted by Crippen LogP contribution is -2.32. The number of rotatable bonds is 10. The van der Waals surface area contributed by atoms with Crippen LogP contribution in [0.15, 0.2) is 71.8 Å². The van der Waals surface area contributed by atoms with Crippen molar-refractivity contribution in [1.82, 2.24) is 35.1 Å². The third kappa shape index (κ3) is 5.75. The van der Waals surface area contributed by atoms with E-state index in [9.17, 15) is 4.79 Å². The molecule has 6 rings (SSSR count). The molecule has 0 spiro atoms. The standard InChI is InChI=1S/C30H31N7O4/c1-3-26(29-33-34-35-37(29)18-20-6-8-24(39-2)9-7-20)36(17-21-5-4-10-31-16-21)19-23-13-22-14-27-28(41-12-11-40-27)15-25(22)32-30(23)38/h4-10,13-16,26H,3,11-12,17-19H2,1-2H3,(H,32,38)/t26-/m0/s1. The number of benzene rings is 2. The average Bonchev–Trinajstić information content (AvgIpc) is 3.45. The zero-order valence-electron chi connectivity index (χ0n) is 23.0. The highest BCUT2D eigenvalue weighted by molar-refractivity contribution is 5.83. The summed E-state index contributed by atoms with van der Waals surface area (Å²) >= 11 is 0. The number of aromatic amines is 1. The van der Waals surface area contributed by atoms with Crippen molar-refractivity contribution >= 4 is 10.9 Å². The summed E-state index contributed by atoms with van der Waals surface area (Å²) in [4.78, 5) is 22.9. The molecule has 4 heterocycles. The molecule has 3 aromatic heterocycles. The lowest BCUT2D eigenvalue weighted by molar-refractivity contribution is 0.161. The molecule has 1 N–H and O–H groups in total. The van der Waals surface area contributed by atoms with Crippen LogP contribution in [-0.2, 0) is 19.6 Å². The first-order chi connectivity index (χ1) is 20.1. The number of tetrazole rings is 1. The SMILES string of the molecule is CC[C@@H](c1nnnn1Cc1ccc(OC)cc1)N(Cc1cccnc1)Cc1cc2cc3c(cc2[nH]c1=O)OCCO3. The van der Waals surface area contributed by atoms with Gasteiger partial charge in [0.2, 0.25) is 0 Å². The first kappa shape index (κ1) is 26.5. The monoisotopic (exact) mass is 553 g/mol. The minimum Gasteiger partial charge on any atom is -0.497 e. The number of H-pyrrole nitrogens is 1. The molecule has 0 bridgehead atoms. The van der Waals surface area contributed by atoms with Crippen LogP contribution in [0.2, 0.25) is 0 Å². The molecule has 11 heteroatoms. The van der Waals surface area contributed by atoms with E-state index in [2.05, 4.69) is 37.3 Å². The normalized spacial score (nSPS) is 13.4. The Labute approximate surface area is 236 Å². The number of pyridine rings is 2. The number of nitrogens with zero attached hydrogens (tertiary/aromatic N) is 6. The summed E-state index contributed by atoms with van der Waals surface area (Å²) in [6, 6.07) is 17.3. The van der Waals surface area contributed by atoms with E-state index in [1.807, 2.05) is 65.5 Å². The van der Waals surface area contributed by atoms with E-state index in [4.69, 9.17) is 14.2 Å². The van der Waals surface area contributed by atoms with E-state index in [0.29, 0.717) is 55.4 Å². The van der Waals surface area contributed by atoms with Gasteiger partial charge in [0, 0.05) is 42.5 Å². The van der Waals surface area contributed by atoms with E-state index in [1.54, 1.807) is 13.3 Å². The van der Waals surface area contributed by atoms with Crippen molar-refractivity contribution in [3.63, 3.8) is 0 Å². The van der Waals surface area contributed by atoms with E-state index >= 15 is 0 Å². The molecule has 0 saturated heterocycles. The number of hydrogen-bond donors (Lipinski definition) is 1. The van der Waals surface area contributed by atoms with Gasteiger partial charge < -0.3 is 19.2 Å². The summed E-state index contributed by atoms with van der Waals surface area (Å²) in [5.41, 5.74) is 3.26. The zero-order chi connectivity index (χ0) is 28.2. The highest BCUT2D eigenvalue weighted by Crippen LogP contribution is 2.34. The molecular weight excluding hydrogens is 522 g/mol. The maximum Gasteiger partial charge on any atom is 0.252 e. The molecule has 1 atom stereocenters. The highest BCUT2D eigenvalue weighted by Gasteiger charge is 2.26. The van der Waals surface area contributed by atoms with Gasteiger partial charge in [0.05, 0.1) is 25.2 Å². The second-order valence-electron chi connectivity index (χ2n) is 9.94. The maximum atomic E-state index is 13.3. The molecule has 0 radical (unpaired) electrons. The van der Waals surface area contributed by atoms with Gasteiger partial charge in [-0.1, -0.05) is 25.1 Å². The molecule has 0 aliphatic carbocycles. The predicted octanol–water partition coefficient (Wildman–Crippen LogP) is 3.89.